The van der Waals surface area contributed by atoms with Gasteiger partial charge in [-0.1, -0.05) is 12.8 Å². The smallest absolute Gasteiger partial charge is 0.315 e. The first-order valence-corrected chi connectivity index (χ1v) is 4.74. The molecule has 2 atom stereocenters. The summed E-state index contributed by atoms with van der Waals surface area (Å²) in [6, 6.07) is -1.17. The number of rotatable bonds is 5. The van der Waals surface area contributed by atoms with E-state index in [-0.39, 0.29) is 18.5 Å². The van der Waals surface area contributed by atoms with E-state index >= 15 is 0 Å². The summed E-state index contributed by atoms with van der Waals surface area (Å²) in [6.45, 7) is 3.47. The Balaban J connectivity index is 4.02. The largest absolute Gasteiger partial charge is 0.481 e. The van der Waals surface area contributed by atoms with Crippen LogP contribution in [0.4, 0.5) is 4.79 Å². The van der Waals surface area contributed by atoms with Gasteiger partial charge < -0.3 is 15.7 Å². The van der Waals surface area contributed by atoms with E-state index in [0.29, 0.717) is 6.42 Å². The average Bonchev–Trinajstić information content (AvgIpc) is 2.15. The van der Waals surface area contributed by atoms with Crippen molar-refractivity contribution in [2.24, 2.45) is 0 Å². The Bertz CT molecular complexity index is 270. The lowest BCUT2D eigenvalue weighted by Crippen LogP contribution is -2.45. The Morgan fingerprint density at radius 1 is 1.47 bits per heavy atom. The van der Waals surface area contributed by atoms with Crippen LogP contribution >= 0.6 is 0 Å². The van der Waals surface area contributed by atoms with E-state index in [9.17, 15) is 9.59 Å². The second-order valence-electron chi connectivity index (χ2n) is 3.21. The van der Waals surface area contributed by atoms with Crippen molar-refractivity contribution in [1.29, 1.82) is 0 Å². The fourth-order valence-electron chi connectivity index (χ4n) is 0.974. The van der Waals surface area contributed by atoms with E-state index in [1.165, 1.54) is 0 Å². The monoisotopic (exact) mass is 212 g/mol. The minimum absolute atomic E-state index is 0.0889. The van der Waals surface area contributed by atoms with Gasteiger partial charge >= 0.3 is 12.0 Å². The maximum atomic E-state index is 11.3. The summed E-state index contributed by atoms with van der Waals surface area (Å²) in [5.74, 6) is 1.40. The van der Waals surface area contributed by atoms with Crippen LogP contribution in [0.15, 0.2) is 0 Å². The lowest BCUT2D eigenvalue weighted by molar-refractivity contribution is -0.137. The molecule has 0 fully saturated rings. The van der Waals surface area contributed by atoms with Gasteiger partial charge in [0.2, 0.25) is 0 Å². The number of carbonyl (C=O) groups excluding carboxylic acids is 1. The predicted molar refractivity (Wildman–Crippen MR) is 56.3 cm³/mol. The summed E-state index contributed by atoms with van der Waals surface area (Å²) < 4.78 is 0. The fraction of sp³-hybridized carbons (Fsp3) is 0.600. The molecule has 15 heavy (non-hydrogen) atoms. The van der Waals surface area contributed by atoms with Crippen LogP contribution in [-0.2, 0) is 4.79 Å². The third-order valence-electron chi connectivity index (χ3n) is 1.85. The highest BCUT2D eigenvalue weighted by Crippen LogP contribution is 1.97. The lowest BCUT2D eigenvalue weighted by Gasteiger charge is -2.16. The second kappa shape index (κ2) is 6.71. The third-order valence-corrected chi connectivity index (χ3v) is 1.85. The average molecular weight is 212 g/mol. The van der Waals surface area contributed by atoms with Crippen LogP contribution in [0.2, 0.25) is 0 Å². The topological polar surface area (TPSA) is 78.4 Å². The van der Waals surface area contributed by atoms with Crippen molar-refractivity contribution in [2.75, 3.05) is 0 Å². The molecule has 2 amide bonds. The molecule has 0 heterocycles. The fourth-order valence-corrected chi connectivity index (χ4v) is 0.974. The van der Waals surface area contributed by atoms with Gasteiger partial charge in [0.25, 0.3) is 0 Å². The van der Waals surface area contributed by atoms with E-state index in [1.54, 1.807) is 13.8 Å². The van der Waals surface area contributed by atoms with Crippen LogP contribution in [0, 0.1) is 12.3 Å². The molecule has 84 valence electrons. The number of aliphatic carboxylic acids is 1. The summed E-state index contributed by atoms with van der Waals surface area (Å²) in [5.41, 5.74) is 0. The number of hydrogen-bond donors (Lipinski definition) is 3. The molecule has 0 spiro atoms. The molecule has 0 aromatic rings. The SMILES string of the molecule is C#CC(C)NC(=O)NC(CC)CC(=O)O. The quantitative estimate of drug-likeness (QED) is 0.583. The number of carboxylic acid groups (broad SMARTS) is 1. The van der Waals surface area contributed by atoms with Crippen LogP contribution in [0.25, 0.3) is 0 Å². The van der Waals surface area contributed by atoms with Crippen molar-refractivity contribution < 1.29 is 14.7 Å². The first-order valence-electron chi connectivity index (χ1n) is 4.74. The summed E-state index contributed by atoms with van der Waals surface area (Å²) in [5, 5.41) is 13.6. The maximum Gasteiger partial charge on any atom is 0.315 e. The van der Waals surface area contributed by atoms with Gasteiger partial charge in [-0.3, -0.25) is 4.79 Å². The van der Waals surface area contributed by atoms with Gasteiger partial charge in [-0.15, -0.1) is 6.42 Å². The molecule has 0 bridgehead atoms. The minimum Gasteiger partial charge on any atom is -0.481 e. The van der Waals surface area contributed by atoms with Gasteiger partial charge in [-0.05, 0) is 13.3 Å². The Kier molecular flexibility index (Phi) is 5.95. The third kappa shape index (κ3) is 6.38. The normalized spacial score (nSPS) is 13.4. The molecule has 0 aliphatic carbocycles. The molecular weight excluding hydrogens is 196 g/mol. The molecule has 0 radical (unpaired) electrons. The number of carbonyl (C=O) groups is 2. The van der Waals surface area contributed by atoms with Gasteiger partial charge in [-0.25, -0.2) is 4.79 Å². The number of nitrogens with one attached hydrogen (secondary N) is 2. The highest BCUT2D eigenvalue weighted by atomic mass is 16.4. The Morgan fingerprint density at radius 3 is 2.47 bits per heavy atom. The summed E-state index contributed by atoms with van der Waals surface area (Å²) in [7, 11) is 0. The maximum absolute atomic E-state index is 11.3. The van der Waals surface area contributed by atoms with Gasteiger partial charge in [0.1, 0.15) is 0 Å². The number of amides is 2. The van der Waals surface area contributed by atoms with E-state index in [0.717, 1.165) is 0 Å². The van der Waals surface area contributed by atoms with Crippen molar-refractivity contribution >= 4 is 12.0 Å². The zero-order valence-electron chi connectivity index (χ0n) is 8.91. The van der Waals surface area contributed by atoms with E-state index < -0.39 is 12.0 Å². The first-order chi connectivity index (χ1) is 6.99. The molecule has 5 nitrogen and oxygen atoms in total. The lowest BCUT2D eigenvalue weighted by atomic mass is 10.1. The Morgan fingerprint density at radius 2 is 2.07 bits per heavy atom. The van der Waals surface area contributed by atoms with Crippen LogP contribution in [0.5, 0.6) is 0 Å². The number of carboxylic acids is 1. The number of urea groups is 1. The zero-order valence-corrected chi connectivity index (χ0v) is 8.91. The van der Waals surface area contributed by atoms with Crippen molar-refractivity contribution in [3.05, 3.63) is 0 Å². The molecule has 0 aromatic carbocycles. The van der Waals surface area contributed by atoms with Gasteiger partial charge in [0.05, 0.1) is 12.5 Å². The molecule has 3 N–H and O–H groups in total. The number of hydrogen-bond acceptors (Lipinski definition) is 2. The summed E-state index contributed by atoms with van der Waals surface area (Å²) >= 11 is 0. The molecule has 0 saturated carbocycles. The highest BCUT2D eigenvalue weighted by molar-refractivity contribution is 5.76. The molecule has 0 aromatic heterocycles. The predicted octanol–water partition coefficient (Wildman–Crippen LogP) is 0.561. The Labute approximate surface area is 89.2 Å². The first kappa shape index (κ1) is 13.3. The van der Waals surface area contributed by atoms with Crippen molar-refractivity contribution in [2.45, 2.75) is 38.8 Å². The zero-order chi connectivity index (χ0) is 11.8. The molecule has 0 aliphatic rings. The van der Waals surface area contributed by atoms with E-state index in [1.807, 2.05) is 0 Å². The molecule has 0 rings (SSSR count). The standard InChI is InChI=1S/C10H16N2O3/c1-4-7(3)11-10(15)12-8(5-2)6-9(13)14/h1,7-8H,5-6H2,2-3H3,(H,13,14)(H2,11,12,15). The van der Waals surface area contributed by atoms with Crippen molar-refractivity contribution in [3.63, 3.8) is 0 Å². The molecule has 5 heteroatoms. The number of terminal acetylenes is 1. The van der Waals surface area contributed by atoms with E-state index in [2.05, 4.69) is 16.6 Å². The van der Waals surface area contributed by atoms with Gasteiger partial charge in [-0.2, -0.15) is 0 Å². The van der Waals surface area contributed by atoms with Crippen LogP contribution in [0.3, 0.4) is 0 Å². The molecular formula is C10H16N2O3. The van der Waals surface area contributed by atoms with Crippen LogP contribution < -0.4 is 10.6 Å². The Hall–Kier alpha value is -1.70. The van der Waals surface area contributed by atoms with Crippen molar-refractivity contribution in [1.82, 2.24) is 10.6 Å². The summed E-state index contributed by atoms with van der Waals surface area (Å²) in [4.78, 5) is 21.7. The molecule has 2 unspecified atom stereocenters. The van der Waals surface area contributed by atoms with E-state index in [4.69, 9.17) is 11.5 Å². The second-order valence-corrected chi connectivity index (χ2v) is 3.21. The van der Waals surface area contributed by atoms with Crippen molar-refractivity contribution in [3.8, 4) is 12.3 Å². The molecule has 0 aliphatic heterocycles. The minimum atomic E-state index is -0.938. The summed E-state index contributed by atoms with van der Waals surface area (Å²) in [6.07, 6.45) is 5.55. The van der Waals surface area contributed by atoms with Gasteiger partial charge in [0.15, 0.2) is 0 Å². The van der Waals surface area contributed by atoms with Crippen LogP contribution in [0.1, 0.15) is 26.7 Å². The highest BCUT2D eigenvalue weighted by Gasteiger charge is 2.14. The molecule has 0 saturated heterocycles. The van der Waals surface area contributed by atoms with Gasteiger partial charge in [0, 0.05) is 6.04 Å². The van der Waals surface area contributed by atoms with Crippen LogP contribution in [-0.4, -0.2) is 29.2 Å².